The average molecular weight is 406 g/mol. The van der Waals surface area contributed by atoms with Crippen molar-refractivity contribution in [1.29, 1.82) is 5.26 Å². The van der Waals surface area contributed by atoms with Crippen molar-refractivity contribution in [2.45, 2.75) is 26.5 Å². The van der Waals surface area contributed by atoms with Gasteiger partial charge in [-0.15, -0.1) is 0 Å². The molecule has 0 spiro atoms. The second-order valence-corrected chi connectivity index (χ2v) is 6.74. The van der Waals surface area contributed by atoms with Gasteiger partial charge in [-0.25, -0.2) is 4.39 Å². The summed E-state index contributed by atoms with van der Waals surface area (Å²) >= 11 is 0. The molecule has 1 atom stereocenters. The smallest absolute Gasteiger partial charge is 0.271 e. The predicted octanol–water partition coefficient (Wildman–Crippen LogP) is 3.57. The van der Waals surface area contributed by atoms with E-state index in [0.717, 1.165) is 4.57 Å². The van der Waals surface area contributed by atoms with Gasteiger partial charge in [0.25, 0.3) is 5.56 Å². The van der Waals surface area contributed by atoms with Crippen molar-refractivity contribution in [3.63, 3.8) is 0 Å². The summed E-state index contributed by atoms with van der Waals surface area (Å²) < 4.78 is 20.3. The first-order valence-corrected chi connectivity index (χ1v) is 9.21. The number of Topliss-reactive ketones (excluding diaryl/α,β-unsaturated/α-hetero) is 1. The monoisotopic (exact) mass is 406 g/mol. The SMILES string of the molecule is Cc1c(C(=O)C(C)Oc2ccccc2F)c(O)n(Cc2ccccc2)c(=O)c1C#N. The molecule has 0 saturated carbocycles. The molecule has 1 heterocycles. The Balaban J connectivity index is 2.06. The van der Waals surface area contributed by atoms with Crippen molar-refractivity contribution in [3.05, 3.63) is 93.0 Å². The lowest BCUT2D eigenvalue weighted by Crippen LogP contribution is -2.31. The molecule has 0 bridgehead atoms. The topological polar surface area (TPSA) is 92.3 Å². The Labute approximate surface area is 172 Å². The molecule has 0 aliphatic carbocycles. The van der Waals surface area contributed by atoms with Gasteiger partial charge in [0, 0.05) is 0 Å². The number of halogens is 1. The molecule has 0 aliphatic heterocycles. The molecule has 0 amide bonds. The lowest BCUT2D eigenvalue weighted by atomic mass is 9.99. The highest BCUT2D eigenvalue weighted by atomic mass is 19.1. The van der Waals surface area contributed by atoms with Crippen LogP contribution in [0.1, 0.15) is 34.0 Å². The molecule has 2 aromatic carbocycles. The lowest BCUT2D eigenvalue weighted by molar-refractivity contribution is 0.0807. The van der Waals surface area contributed by atoms with Crippen LogP contribution in [-0.2, 0) is 6.54 Å². The van der Waals surface area contributed by atoms with Crippen LogP contribution in [0.5, 0.6) is 11.6 Å². The summed E-state index contributed by atoms with van der Waals surface area (Å²) in [6.45, 7) is 2.80. The number of nitrogens with zero attached hydrogens (tertiary/aromatic N) is 2. The highest BCUT2D eigenvalue weighted by Gasteiger charge is 2.28. The molecule has 0 aliphatic rings. The third-order valence-electron chi connectivity index (χ3n) is 4.74. The van der Waals surface area contributed by atoms with Crippen LogP contribution in [-0.4, -0.2) is 21.6 Å². The third kappa shape index (κ3) is 3.94. The van der Waals surface area contributed by atoms with Crippen LogP contribution in [0.2, 0.25) is 0 Å². The van der Waals surface area contributed by atoms with Crippen LogP contribution in [0, 0.1) is 24.1 Å². The quantitative estimate of drug-likeness (QED) is 0.632. The second-order valence-electron chi connectivity index (χ2n) is 6.74. The minimum absolute atomic E-state index is 0.0245. The number of ether oxygens (including phenoxy) is 1. The van der Waals surface area contributed by atoms with E-state index in [1.807, 2.05) is 6.07 Å². The van der Waals surface area contributed by atoms with E-state index in [-0.39, 0.29) is 29.0 Å². The van der Waals surface area contributed by atoms with Gasteiger partial charge in [0.1, 0.15) is 11.6 Å². The highest BCUT2D eigenvalue weighted by molar-refractivity contribution is 6.03. The number of carbonyl (C=O) groups is 1. The fourth-order valence-electron chi connectivity index (χ4n) is 3.15. The first-order chi connectivity index (χ1) is 14.3. The van der Waals surface area contributed by atoms with E-state index in [1.165, 1.54) is 32.0 Å². The summed E-state index contributed by atoms with van der Waals surface area (Å²) in [6.07, 6.45) is -1.17. The molecule has 6 nitrogen and oxygen atoms in total. The Morgan fingerprint density at radius 2 is 1.83 bits per heavy atom. The van der Waals surface area contributed by atoms with Crippen molar-refractivity contribution in [3.8, 4) is 17.7 Å². The van der Waals surface area contributed by atoms with Crippen LogP contribution in [0.4, 0.5) is 4.39 Å². The molecule has 3 aromatic rings. The third-order valence-corrected chi connectivity index (χ3v) is 4.74. The summed E-state index contributed by atoms with van der Waals surface area (Å²) in [5.41, 5.74) is -0.387. The molecule has 30 heavy (non-hydrogen) atoms. The highest BCUT2D eigenvalue weighted by Crippen LogP contribution is 2.26. The number of nitriles is 1. The minimum Gasteiger partial charge on any atom is -0.494 e. The Hall–Kier alpha value is -3.92. The molecule has 0 saturated heterocycles. The van der Waals surface area contributed by atoms with E-state index < -0.39 is 29.1 Å². The Bertz CT molecular complexity index is 1200. The second kappa shape index (κ2) is 8.62. The molecule has 0 radical (unpaired) electrons. The number of ketones is 1. The predicted molar refractivity (Wildman–Crippen MR) is 108 cm³/mol. The van der Waals surface area contributed by atoms with Gasteiger partial charge < -0.3 is 9.84 Å². The summed E-state index contributed by atoms with van der Waals surface area (Å²) in [4.78, 5) is 25.8. The van der Waals surface area contributed by atoms with Gasteiger partial charge in [0.05, 0.1) is 12.1 Å². The number of pyridine rings is 1. The molecule has 1 unspecified atom stereocenters. The lowest BCUT2D eigenvalue weighted by Gasteiger charge is -2.19. The summed E-state index contributed by atoms with van der Waals surface area (Å²) in [5.74, 6) is -1.99. The van der Waals surface area contributed by atoms with Gasteiger partial charge >= 0.3 is 0 Å². The zero-order valence-electron chi connectivity index (χ0n) is 16.4. The number of carbonyl (C=O) groups excluding carboxylic acids is 1. The largest absolute Gasteiger partial charge is 0.494 e. The van der Waals surface area contributed by atoms with Crippen molar-refractivity contribution >= 4 is 5.78 Å². The van der Waals surface area contributed by atoms with E-state index in [1.54, 1.807) is 36.4 Å². The maximum absolute atomic E-state index is 13.9. The van der Waals surface area contributed by atoms with Crippen molar-refractivity contribution in [2.24, 2.45) is 0 Å². The van der Waals surface area contributed by atoms with Crippen LogP contribution in [0.15, 0.2) is 59.4 Å². The van der Waals surface area contributed by atoms with E-state index >= 15 is 0 Å². The minimum atomic E-state index is -1.17. The van der Waals surface area contributed by atoms with Gasteiger partial charge in [-0.2, -0.15) is 5.26 Å². The molecule has 152 valence electrons. The summed E-state index contributed by atoms with van der Waals surface area (Å²) in [6, 6.07) is 16.3. The Morgan fingerprint density at radius 3 is 2.47 bits per heavy atom. The zero-order valence-corrected chi connectivity index (χ0v) is 16.4. The maximum atomic E-state index is 13.9. The fraction of sp³-hybridized carbons (Fsp3) is 0.174. The van der Waals surface area contributed by atoms with E-state index in [9.17, 15) is 24.3 Å². The number of aromatic nitrogens is 1. The molecule has 1 aromatic heterocycles. The van der Waals surface area contributed by atoms with Crippen LogP contribution in [0.25, 0.3) is 0 Å². The number of benzene rings is 2. The van der Waals surface area contributed by atoms with Crippen molar-refractivity contribution in [1.82, 2.24) is 4.57 Å². The molecule has 7 heteroatoms. The Morgan fingerprint density at radius 1 is 1.20 bits per heavy atom. The van der Waals surface area contributed by atoms with Gasteiger partial charge in [0.15, 0.2) is 17.7 Å². The summed E-state index contributed by atoms with van der Waals surface area (Å²) in [7, 11) is 0. The van der Waals surface area contributed by atoms with E-state index in [4.69, 9.17) is 4.74 Å². The number of hydrogen-bond acceptors (Lipinski definition) is 5. The molecule has 1 N–H and O–H groups in total. The maximum Gasteiger partial charge on any atom is 0.271 e. The first-order valence-electron chi connectivity index (χ1n) is 9.21. The Kier molecular flexibility index (Phi) is 5.98. The molecule has 3 rings (SSSR count). The number of rotatable bonds is 6. The fourth-order valence-corrected chi connectivity index (χ4v) is 3.15. The van der Waals surface area contributed by atoms with Crippen LogP contribution in [0.3, 0.4) is 0 Å². The van der Waals surface area contributed by atoms with E-state index in [2.05, 4.69) is 0 Å². The standard InChI is InChI=1S/C23H19FN2O4/c1-14-17(12-25)22(28)26(13-16-8-4-3-5-9-16)23(29)20(14)21(27)15(2)30-19-11-7-6-10-18(19)24/h3-11,15,29H,13H2,1-2H3. The summed E-state index contributed by atoms with van der Waals surface area (Å²) in [5, 5.41) is 20.2. The van der Waals surface area contributed by atoms with Gasteiger partial charge in [0.2, 0.25) is 11.7 Å². The number of para-hydroxylation sites is 1. The zero-order chi connectivity index (χ0) is 21.8. The number of aromatic hydroxyl groups is 1. The normalized spacial score (nSPS) is 11.5. The van der Waals surface area contributed by atoms with Gasteiger partial charge in [-0.05, 0) is 37.1 Å². The van der Waals surface area contributed by atoms with E-state index in [0.29, 0.717) is 5.56 Å². The average Bonchev–Trinajstić information content (AvgIpc) is 2.74. The molecular weight excluding hydrogens is 387 g/mol. The van der Waals surface area contributed by atoms with Crippen LogP contribution < -0.4 is 10.3 Å². The molecular formula is C23H19FN2O4. The van der Waals surface area contributed by atoms with Gasteiger partial charge in [-0.3, -0.25) is 14.2 Å². The van der Waals surface area contributed by atoms with Crippen LogP contribution >= 0.6 is 0 Å². The molecule has 0 fully saturated rings. The van der Waals surface area contributed by atoms with Crippen molar-refractivity contribution < 1.29 is 19.0 Å². The van der Waals surface area contributed by atoms with Crippen molar-refractivity contribution in [2.75, 3.05) is 0 Å². The number of hydrogen-bond donors (Lipinski definition) is 1. The van der Waals surface area contributed by atoms with Gasteiger partial charge in [-0.1, -0.05) is 42.5 Å². The first kappa shape index (κ1) is 20.8.